The molecule has 0 fully saturated rings. The van der Waals surface area contributed by atoms with Crippen molar-refractivity contribution in [2.24, 2.45) is 7.05 Å². The summed E-state index contributed by atoms with van der Waals surface area (Å²) in [5, 5.41) is 4.02. The number of ether oxygens (including phenoxy) is 2. The summed E-state index contributed by atoms with van der Waals surface area (Å²) in [6.07, 6.45) is -4.52. The van der Waals surface area contributed by atoms with E-state index in [1.54, 1.807) is 31.3 Å². The number of benzene rings is 1. The standard InChI is InChI=1S/C17H16F3N3O2/c1-10-15-13(17(18,19)20)8-14(21-16(15)23(2)22-10)25-9-11-5-4-6-12(7-11)24-3/h4-8H,9H2,1-3H3. The summed E-state index contributed by atoms with van der Waals surface area (Å²) < 4.78 is 52.2. The molecule has 25 heavy (non-hydrogen) atoms. The third kappa shape index (κ3) is 3.38. The van der Waals surface area contributed by atoms with Crippen molar-refractivity contribution in [3.05, 3.63) is 47.2 Å². The summed E-state index contributed by atoms with van der Waals surface area (Å²) in [4.78, 5) is 4.17. The molecule has 2 heterocycles. The molecule has 3 aromatic rings. The van der Waals surface area contributed by atoms with Gasteiger partial charge in [0.05, 0.1) is 23.8 Å². The van der Waals surface area contributed by atoms with E-state index in [0.717, 1.165) is 11.6 Å². The molecular weight excluding hydrogens is 335 g/mol. The van der Waals surface area contributed by atoms with Crippen LogP contribution in [-0.4, -0.2) is 21.9 Å². The van der Waals surface area contributed by atoms with Gasteiger partial charge in [0, 0.05) is 13.1 Å². The molecule has 0 bridgehead atoms. The van der Waals surface area contributed by atoms with Gasteiger partial charge in [-0.2, -0.15) is 23.3 Å². The SMILES string of the molecule is COc1cccc(COc2cc(C(F)(F)F)c3c(C)nn(C)c3n2)c1. The number of aryl methyl sites for hydroxylation is 2. The van der Waals surface area contributed by atoms with Gasteiger partial charge in [0.2, 0.25) is 5.88 Å². The quantitative estimate of drug-likeness (QED) is 0.716. The van der Waals surface area contributed by atoms with Crippen molar-refractivity contribution in [3.63, 3.8) is 0 Å². The van der Waals surface area contributed by atoms with Crippen molar-refractivity contribution in [1.82, 2.24) is 14.8 Å². The van der Waals surface area contributed by atoms with E-state index in [1.165, 1.54) is 18.7 Å². The van der Waals surface area contributed by atoms with Crippen LogP contribution >= 0.6 is 0 Å². The number of alkyl halides is 3. The third-order valence-corrected chi connectivity index (χ3v) is 3.77. The van der Waals surface area contributed by atoms with Crippen LogP contribution in [0.4, 0.5) is 13.2 Å². The van der Waals surface area contributed by atoms with Crippen LogP contribution < -0.4 is 9.47 Å². The van der Waals surface area contributed by atoms with Crippen LogP contribution in [0.1, 0.15) is 16.8 Å². The fraction of sp³-hybridized carbons (Fsp3) is 0.294. The number of pyridine rings is 1. The summed E-state index contributed by atoms with van der Waals surface area (Å²) in [6.45, 7) is 1.60. The summed E-state index contributed by atoms with van der Waals surface area (Å²) in [5.74, 6) is 0.536. The van der Waals surface area contributed by atoms with Gasteiger partial charge in [0.25, 0.3) is 0 Å². The first-order valence-electron chi connectivity index (χ1n) is 7.47. The van der Waals surface area contributed by atoms with Crippen molar-refractivity contribution in [1.29, 1.82) is 0 Å². The number of hydrogen-bond donors (Lipinski definition) is 0. The Labute approximate surface area is 142 Å². The first-order chi connectivity index (χ1) is 11.8. The number of nitrogens with zero attached hydrogens (tertiary/aromatic N) is 3. The van der Waals surface area contributed by atoms with Gasteiger partial charge in [-0.1, -0.05) is 12.1 Å². The summed E-state index contributed by atoms with van der Waals surface area (Å²) >= 11 is 0. The maximum atomic E-state index is 13.4. The molecule has 0 aliphatic heterocycles. The minimum absolute atomic E-state index is 0.0104. The Bertz CT molecular complexity index is 919. The van der Waals surface area contributed by atoms with Gasteiger partial charge in [0.1, 0.15) is 12.4 Å². The Morgan fingerprint density at radius 1 is 1.20 bits per heavy atom. The number of aromatic nitrogens is 3. The largest absolute Gasteiger partial charge is 0.497 e. The highest BCUT2D eigenvalue weighted by molar-refractivity contribution is 5.83. The monoisotopic (exact) mass is 351 g/mol. The second-order valence-corrected chi connectivity index (χ2v) is 5.55. The second kappa shape index (κ2) is 6.27. The Morgan fingerprint density at radius 3 is 2.64 bits per heavy atom. The third-order valence-electron chi connectivity index (χ3n) is 3.77. The first-order valence-corrected chi connectivity index (χ1v) is 7.47. The average Bonchev–Trinajstić information content (AvgIpc) is 2.86. The molecule has 0 amide bonds. The second-order valence-electron chi connectivity index (χ2n) is 5.55. The maximum absolute atomic E-state index is 13.4. The molecule has 0 saturated carbocycles. The Morgan fingerprint density at radius 2 is 1.96 bits per heavy atom. The zero-order valence-electron chi connectivity index (χ0n) is 13.9. The zero-order chi connectivity index (χ0) is 18.2. The van der Waals surface area contributed by atoms with Crippen molar-refractivity contribution in [2.75, 3.05) is 7.11 Å². The summed E-state index contributed by atoms with van der Waals surface area (Å²) in [6, 6.07) is 8.00. The molecule has 0 saturated heterocycles. The van der Waals surface area contributed by atoms with Gasteiger partial charge >= 0.3 is 6.18 Å². The van der Waals surface area contributed by atoms with Gasteiger partial charge in [-0.3, -0.25) is 4.68 Å². The van der Waals surface area contributed by atoms with E-state index in [4.69, 9.17) is 9.47 Å². The van der Waals surface area contributed by atoms with Gasteiger partial charge in [-0.15, -0.1) is 0 Å². The van der Waals surface area contributed by atoms with Crippen molar-refractivity contribution in [2.45, 2.75) is 19.7 Å². The van der Waals surface area contributed by atoms with Crippen molar-refractivity contribution < 1.29 is 22.6 Å². The van der Waals surface area contributed by atoms with Crippen LogP contribution in [0.2, 0.25) is 0 Å². The summed E-state index contributed by atoms with van der Waals surface area (Å²) in [5.41, 5.74) is 0.365. The number of hydrogen-bond acceptors (Lipinski definition) is 4. The summed E-state index contributed by atoms with van der Waals surface area (Å²) in [7, 11) is 3.09. The predicted molar refractivity (Wildman–Crippen MR) is 85.6 cm³/mol. The van der Waals surface area contributed by atoms with Crippen LogP contribution in [0.25, 0.3) is 11.0 Å². The Kier molecular flexibility index (Phi) is 4.28. The molecule has 0 atom stereocenters. The fourth-order valence-electron chi connectivity index (χ4n) is 2.64. The lowest BCUT2D eigenvalue weighted by Crippen LogP contribution is -2.08. The van der Waals surface area contributed by atoms with Crippen molar-refractivity contribution >= 4 is 11.0 Å². The van der Waals surface area contributed by atoms with E-state index in [9.17, 15) is 13.2 Å². The Hall–Kier alpha value is -2.77. The highest BCUT2D eigenvalue weighted by Gasteiger charge is 2.35. The van der Waals surface area contributed by atoms with Crippen LogP contribution in [0.5, 0.6) is 11.6 Å². The zero-order valence-corrected chi connectivity index (χ0v) is 13.9. The van der Waals surface area contributed by atoms with Crippen LogP contribution in [-0.2, 0) is 19.8 Å². The molecule has 8 heteroatoms. The van der Waals surface area contributed by atoms with Gasteiger partial charge < -0.3 is 9.47 Å². The minimum atomic E-state index is -4.52. The molecule has 132 valence electrons. The minimum Gasteiger partial charge on any atom is -0.497 e. The van der Waals surface area contributed by atoms with Crippen LogP contribution in [0, 0.1) is 6.92 Å². The fourth-order valence-corrected chi connectivity index (χ4v) is 2.64. The van der Waals surface area contributed by atoms with Gasteiger partial charge in [-0.05, 0) is 24.6 Å². The molecule has 2 aromatic heterocycles. The highest BCUT2D eigenvalue weighted by atomic mass is 19.4. The number of halogens is 3. The lowest BCUT2D eigenvalue weighted by molar-refractivity contribution is -0.136. The molecule has 0 spiro atoms. The lowest BCUT2D eigenvalue weighted by atomic mass is 10.1. The molecular formula is C17H16F3N3O2. The van der Waals surface area contributed by atoms with E-state index < -0.39 is 11.7 Å². The van der Waals surface area contributed by atoms with Crippen LogP contribution in [0.3, 0.4) is 0 Å². The molecule has 0 N–H and O–H groups in total. The van der Waals surface area contributed by atoms with Gasteiger partial charge in [0.15, 0.2) is 5.65 Å². The Balaban J connectivity index is 1.98. The molecule has 0 radical (unpaired) electrons. The molecule has 1 aromatic carbocycles. The number of fused-ring (bicyclic) bond motifs is 1. The van der Waals surface area contributed by atoms with Crippen LogP contribution in [0.15, 0.2) is 30.3 Å². The van der Waals surface area contributed by atoms with E-state index in [0.29, 0.717) is 5.75 Å². The lowest BCUT2D eigenvalue weighted by Gasteiger charge is -2.12. The molecule has 0 unspecified atom stereocenters. The normalized spacial score (nSPS) is 11.8. The molecule has 5 nitrogen and oxygen atoms in total. The smallest absolute Gasteiger partial charge is 0.417 e. The topological polar surface area (TPSA) is 49.2 Å². The molecule has 0 aliphatic carbocycles. The number of rotatable bonds is 4. The predicted octanol–water partition coefficient (Wildman–Crippen LogP) is 3.88. The first kappa shape index (κ1) is 17.1. The molecule has 3 rings (SSSR count). The average molecular weight is 351 g/mol. The highest BCUT2D eigenvalue weighted by Crippen LogP contribution is 2.37. The van der Waals surface area contributed by atoms with E-state index in [1.807, 2.05) is 0 Å². The number of methoxy groups -OCH3 is 1. The molecule has 0 aliphatic rings. The van der Waals surface area contributed by atoms with Crippen molar-refractivity contribution in [3.8, 4) is 11.6 Å². The van der Waals surface area contributed by atoms with E-state index >= 15 is 0 Å². The maximum Gasteiger partial charge on any atom is 0.417 e. The van der Waals surface area contributed by atoms with E-state index in [-0.39, 0.29) is 29.2 Å². The van der Waals surface area contributed by atoms with Gasteiger partial charge in [-0.25, -0.2) is 0 Å². The van der Waals surface area contributed by atoms with E-state index in [2.05, 4.69) is 10.1 Å².